The number of carbonyl (C=O) groups is 2. The van der Waals surface area contributed by atoms with E-state index in [1.165, 1.54) is 5.56 Å². The van der Waals surface area contributed by atoms with Crippen LogP contribution < -0.4 is 10.1 Å². The Morgan fingerprint density at radius 1 is 1.00 bits per heavy atom. The first kappa shape index (κ1) is 26.5. The maximum Gasteiger partial charge on any atom is 0.407 e. The summed E-state index contributed by atoms with van der Waals surface area (Å²) in [5, 5.41) is 2.64. The molecule has 36 heavy (non-hydrogen) atoms. The van der Waals surface area contributed by atoms with Gasteiger partial charge in [-0.1, -0.05) is 30.3 Å². The molecule has 1 spiro atoms. The third-order valence-electron chi connectivity index (χ3n) is 6.21. The molecule has 2 unspecified atom stereocenters. The number of fused-ring (bicyclic) bond motifs is 1. The first-order valence-corrected chi connectivity index (χ1v) is 13.4. The van der Waals surface area contributed by atoms with E-state index in [9.17, 15) is 9.59 Å². The molecule has 8 heteroatoms. The standard InChI is InChI=1S/C28H35NO6S/c1-27(2,3)35-26(31)29-12-13-32-14-15-33-16-17-34-21-10-8-20(9-11-21)23-18-28(23)19-36-24-7-5-4-6-22(24)25(28)30/h4-11,23H,12-19H2,1-3H3,(H,29,31). The van der Waals surface area contributed by atoms with Crippen molar-refractivity contribution in [3.63, 3.8) is 0 Å². The number of hydrogen-bond donors (Lipinski definition) is 1. The summed E-state index contributed by atoms with van der Waals surface area (Å²) < 4.78 is 21.9. The Labute approximate surface area is 217 Å². The summed E-state index contributed by atoms with van der Waals surface area (Å²) in [7, 11) is 0. The zero-order chi connectivity index (χ0) is 25.6. The van der Waals surface area contributed by atoms with E-state index in [0.717, 1.165) is 28.4 Å². The molecule has 1 aliphatic carbocycles. The number of carbonyl (C=O) groups excluding carboxylic acids is 2. The van der Waals surface area contributed by atoms with Crippen molar-refractivity contribution in [3.05, 3.63) is 59.7 Å². The van der Waals surface area contributed by atoms with Gasteiger partial charge in [0, 0.05) is 22.8 Å². The molecule has 2 aliphatic rings. The third kappa shape index (κ3) is 6.81. The second kappa shape index (κ2) is 11.7. The number of rotatable bonds is 11. The van der Waals surface area contributed by atoms with E-state index < -0.39 is 11.7 Å². The average Bonchev–Trinajstić information content (AvgIpc) is 3.57. The lowest BCUT2D eigenvalue weighted by Crippen LogP contribution is -2.34. The van der Waals surface area contributed by atoms with Crippen LogP contribution in [-0.4, -0.2) is 62.8 Å². The number of ketones is 1. The van der Waals surface area contributed by atoms with Gasteiger partial charge in [0.05, 0.1) is 31.8 Å². The molecule has 194 valence electrons. The Kier molecular flexibility index (Phi) is 8.59. The average molecular weight is 514 g/mol. The van der Waals surface area contributed by atoms with E-state index in [1.807, 2.05) is 57.2 Å². The summed E-state index contributed by atoms with van der Waals surface area (Å²) in [6.45, 7) is 8.03. The minimum absolute atomic E-state index is 0.247. The summed E-state index contributed by atoms with van der Waals surface area (Å²) >= 11 is 1.80. The molecule has 0 radical (unpaired) electrons. The predicted octanol–water partition coefficient (Wildman–Crippen LogP) is 5.09. The van der Waals surface area contributed by atoms with Crippen molar-refractivity contribution < 1.29 is 28.5 Å². The molecule has 7 nitrogen and oxygen atoms in total. The van der Waals surface area contributed by atoms with E-state index in [2.05, 4.69) is 17.4 Å². The molecule has 1 aliphatic heterocycles. The maximum atomic E-state index is 13.1. The number of thioether (sulfide) groups is 1. The summed E-state index contributed by atoms with van der Waals surface area (Å²) in [5.41, 5.74) is 1.32. The normalized spacial score (nSPS) is 20.6. The van der Waals surface area contributed by atoms with Gasteiger partial charge in [-0.3, -0.25) is 4.79 Å². The SMILES string of the molecule is CC(C)(C)OC(=O)NCCOCCOCCOc1ccc(C2CC23CSc2ccccc2C3=O)cc1. The fourth-order valence-electron chi connectivity index (χ4n) is 4.35. The van der Waals surface area contributed by atoms with E-state index >= 15 is 0 Å². The minimum Gasteiger partial charge on any atom is -0.491 e. The lowest BCUT2D eigenvalue weighted by atomic mass is 9.91. The molecule has 0 saturated heterocycles. The quantitative estimate of drug-likeness (QED) is 0.419. The van der Waals surface area contributed by atoms with Crippen LogP contribution in [0.1, 0.15) is 49.0 Å². The third-order valence-corrected chi connectivity index (χ3v) is 7.54. The zero-order valence-corrected chi connectivity index (χ0v) is 22.0. The van der Waals surface area contributed by atoms with Gasteiger partial charge in [-0.15, -0.1) is 11.8 Å². The van der Waals surface area contributed by atoms with Crippen LogP contribution in [0, 0.1) is 5.41 Å². The number of alkyl carbamates (subject to hydrolysis) is 1. The minimum atomic E-state index is -0.509. The first-order valence-electron chi connectivity index (χ1n) is 12.4. The summed E-state index contributed by atoms with van der Waals surface area (Å²) in [4.78, 5) is 25.8. The van der Waals surface area contributed by atoms with Gasteiger partial charge in [0.25, 0.3) is 0 Å². The fraction of sp³-hybridized carbons (Fsp3) is 0.500. The molecule has 1 amide bonds. The predicted molar refractivity (Wildman–Crippen MR) is 139 cm³/mol. The summed E-state index contributed by atoms with van der Waals surface area (Å²) in [6.07, 6.45) is 0.469. The van der Waals surface area contributed by atoms with Crippen LogP contribution in [0.15, 0.2) is 53.4 Å². The van der Waals surface area contributed by atoms with Crippen LogP contribution in [0.25, 0.3) is 0 Å². The van der Waals surface area contributed by atoms with E-state index in [-0.39, 0.29) is 11.3 Å². The molecule has 1 fully saturated rings. The van der Waals surface area contributed by atoms with Crippen molar-refractivity contribution in [1.29, 1.82) is 0 Å². The summed E-state index contributed by atoms with van der Waals surface area (Å²) in [5.74, 6) is 2.22. The van der Waals surface area contributed by atoms with Gasteiger partial charge >= 0.3 is 6.09 Å². The van der Waals surface area contributed by atoms with Crippen molar-refractivity contribution in [2.24, 2.45) is 5.41 Å². The Balaban J connectivity index is 1.08. The first-order chi connectivity index (χ1) is 17.3. The van der Waals surface area contributed by atoms with Crippen molar-refractivity contribution >= 4 is 23.6 Å². The van der Waals surface area contributed by atoms with Gasteiger partial charge in [0.2, 0.25) is 0 Å². The number of benzene rings is 2. The molecule has 0 bridgehead atoms. The largest absolute Gasteiger partial charge is 0.491 e. The van der Waals surface area contributed by atoms with Crippen LogP contribution in [0.2, 0.25) is 0 Å². The second-order valence-corrected chi connectivity index (χ2v) is 11.1. The monoisotopic (exact) mass is 513 g/mol. The zero-order valence-electron chi connectivity index (χ0n) is 21.2. The Morgan fingerprint density at radius 2 is 1.69 bits per heavy atom. The van der Waals surface area contributed by atoms with Crippen LogP contribution in [0.5, 0.6) is 5.75 Å². The summed E-state index contributed by atoms with van der Waals surface area (Å²) in [6, 6.07) is 16.0. The second-order valence-electron chi connectivity index (χ2n) is 10.1. The van der Waals surface area contributed by atoms with Gasteiger partial charge in [0.15, 0.2) is 5.78 Å². The van der Waals surface area contributed by atoms with Crippen molar-refractivity contribution in [2.75, 3.05) is 45.3 Å². The highest BCUT2D eigenvalue weighted by atomic mass is 32.2. The Morgan fingerprint density at radius 3 is 2.44 bits per heavy atom. The van der Waals surface area contributed by atoms with Crippen molar-refractivity contribution in [2.45, 2.75) is 43.6 Å². The van der Waals surface area contributed by atoms with Gasteiger partial charge in [-0.05, 0) is 56.9 Å². The molecule has 1 N–H and O–H groups in total. The molecule has 4 rings (SSSR count). The molecule has 1 heterocycles. The number of ether oxygens (including phenoxy) is 4. The van der Waals surface area contributed by atoms with Gasteiger partial charge in [-0.2, -0.15) is 0 Å². The fourth-order valence-corrected chi connectivity index (χ4v) is 5.70. The van der Waals surface area contributed by atoms with Crippen LogP contribution in [0.4, 0.5) is 4.79 Å². The Hall–Kier alpha value is -2.55. The van der Waals surface area contributed by atoms with E-state index in [1.54, 1.807) is 11.8 Å². The molecular weight excluding hydrogens is 478 g/mol. The van der Waals surface area contributed by atoms with Crippen LogP contribution >= 0.6 is 11.8 Å². The highest BCUT2D eigenvalue weighted by molar-refractivity contribution is 7.99. The van der Waals surface area contributed by atoms with Crippen LogP contribution in [-0.2, 0) is 14.2 Å². The topological polar surface area (TPSA) is 83.1 Å². The number of nitrogens with one attached hydrogen (secondary N) is 1. The number of Topliss-reactive ketones (excluding diaryl/α,β-unsaturated/α-hetero) is 1. The maximum absolute atomic E-state index is 13.1. The highest BCUT2D eigenvalue weighted by Gasteiger charge is 2.61. The number of amides is 1. The smallest absolute Gasteiger partial charge is 0.407 e. The lowest BCUT2D eigenvalue weighted by molar-refractivity contribution is 0.0327. The van der Waals surface area contributed by atoms with E-state index in [4.69, 9.17) is 18.9 Å². The highest BCUT2D eigenvalue weighted by Crippen LogP contribution is 2.65. The van der Waals surface area contributed by atoms with Gasteiger partial charge in [-0.25, -0.2) is 4.79 Å². The molecule has 2 atom stereocenters. The number of hydrogen-bond acceptors (Lipinski definition) is 7. The van der Waals surface area contributed by atoms with E-state index in [0.29, 0.717) is 45.4 Å². The van der Waals surface area contributed by atoms with Gasteiger partial charge in [0.1, 0.15) is 18.0 Å². The van der Waals surface area contributed by atoms with Crippen molar-refractivity contribution in [3.8, 4) is 5.75 Å². The van der Waals surface area contributed by atoms with Gasteiger partial charge < -0.3 is 24.3 Å². The molecular formula is C28H35NO6S. The molecule has 1 saturated carbocycles. The van der Waals surface area contributed by atoms with Crippen molar-refractivity contribution in [1.82, 2.24) is 5.32 Å². The van der Waals surface area contributed by atoms with Crippen LogP contribution in [0.3, 0.4) is 0 Å². The Bertz CT molecular complexity index is 1050. The lowest BCUT2D eigenvalue weighted by Gasteiger charge is -2.23. The molecule has 0 aromatic heterocycles. The molecule has 2 aromatic carbocycles. The molecule has 2 aromatic rings.